The molecule has 0 saturated heterocycles. The number of aromatic nitrogens is 2. The summed E-state index contributed by atoms with van der Waals surface area (Å²) in [6.45, 7) is 4.75. The van der Waals surface area contributed by atoms with Crippen molar-refractivity contribution in [2.75, 3.05) is 11.9 Å². The number of carboxylic acid groups (broad SMARTS) is 1. The fraction of sp³-hybridized carbons (Fsp3) is 0.214. The number of carboxylic acids is 1. The first-order valence-electron chi connectivity index (χ1n) is 11.7. The monoisotopic (exact) mass is 480 g/mol. The van der Waals surface area contributed by atoms with Crippen molar-refractivity contribution < 1.29 is 9.90 Å². The number of nitriles is 1. The van der Waals surface area contributed by atoms with Gasteiger partial charge in [-0.05, 0) is 53.8 Å². The minimum absolute atomic E-state index is 0.119. The molecule has 0 spiro atoms. The van der Waals surface area contributed by atoms with Crippen LogP contribution >= 0.6 is 0 Å². The number of anilines is 1. The average Bonchev–Trinajstić information content (AvgIpc) is 3.22. The molecular formula is C28H28N6O2. The number of aliphatic imine (C=N–C) groups is 1. The van der Waals surface area contributed by atoms with E-state index in [0.717, 1.165) is 52.1 Å². The van der Waals surface area contributed by atoms with Gasteiger partial charge in [0, 0.05) is 25.7 Å². The largest absolute Gasteiger partial charge is 0.478 e. The van der Waals surface area contributed by atoms with E-state index in [4.69, 9.17) is 16.0 Å². The third-order valence-electron chi connectivity index (χ3n) is 6.24. The van der Waals surface area contributed by atoms with Crippen LogP contribution in [0.25, 0.3) is 22.2 Å². The van der Waals surface area contributed by atoms with Crippen LogP contribution in [0, 0.1) is 18.4 Å². The fourth-order valence-electron chi connectivity index (χ4n) is 4.36. The van der Waals surface area contributed by atoms with E-state index in [0.29, 0.717) is 12.1 Å². The Balaban J connectivity index is 1.75. The predicted molar refractivity (Wildman–Crippen MR) is 142 cm³/mol. The standard InChI is InChI=1S/C28H28N6O2/c1-4-7-25-32-26-18(2)14-21(33(3)28(30)31-17-29)15-24(26)34(25)16-19-10-12-20(13-11-19)22-8-5-6-9-23(22)27(35)36/h5-6,8-15H,4,7,16H2,1-3H3,(H2,30,31)(H,35,36). The molecule has 36 heavy (non-hydrogen) atoms. The second kappa shape index (κ2) is 10.3. The number of aromatic carboxylic acids is 1. The Kier molecular flexibility index (Phi) is 7.02. The highest BCUT2D eigenvalue weighted by Crippen LogP contribution is 2.29. The van der Waals surface area contributed by atoms with Crippen LogP contribution in [-0.4, -0.2) is 33.6 Å². The van der Waals surface area contributed by atoms with Gasteiger partial charge in [-0.15, -0.1) is 4.99 Å². The molecule has 0 aliphatic heterocycles. The van der Waals surface area contributed by atoms with Gasteiger partial charge in [-0.25, -0.2) is 9.78 Å². The summed E-state index contributed by atoms with van der Waals surface area (Å²) in [6.07, 6.45) is 3.53. The number of imidazole rings is 1. The number of nitrogens with two attached hydrogens (primary N) is 1. The molecule has 0 bridgehead atoms. The predicted octanol–water partition coefficient (Wildman–Crippen LogP) is 4.94. The molecule has 0 aliphatic carbocycles. The van der Waals surface area contributed by atoms with Gasteiger partial charge in [-0.2, -0.15) is 5.26 Å². The lowest BCUT2D eigenvalue weighted by atomic mass is 9.99. The van der Waals surface area contributed by atoms with E-state index in [2.05, 4.69) is 16.5 Å². The number of fused-ring (bicyclic) bond motifs is 1. The molecule has 4 aromatic rings. The smallest absolute Gasteiger partial charge is 0.336 e. The van der Waals surface area contributed by atoms with Crippen molar-refractivity contribution in [3.63, 3.8) is 0 Å². The Morgan fingerprint density at radius 2 is 1.92 bits per heavy atom. The molecule has 8 nitrogen and oxygen atoms in total. The number of rotatable bonds is 7. The summed E-state index contributed by atoms with van der Waals surface area (Å²) in [6, 6.07) is 19.0. The summed E-state index contributed by atoms with van der Waals surface area (Å²) in [5, 5.41) is 18.4. The number of benzene rings is 3. The first-order valence-corrected chi connectivity index (χ1v) is 11.7. The normalized spacial score (nSPS) is 11.4. The Morgan fingerprint density at radius 1 is 1.19 bits per heavy atom. The zero-order valence-electron chi connectivity index (χ0n) is 20.6. The number of hydrogen-bond acceptors (Lipinski definition) is 4. The highest BCUT2D eigenvalue weighted by molar-refractivity contribution is 5.97. The molecule has 0 amide bonds. The van der Waals surface area contributed by atoms with Crippen molar-refractivity contribution in [3.8, 4) is 17.3 Å². The van der Waals surface area contributed by atoms with Crippen LogP contribution in [-0.2, 0) is 13.0 Å². The molecule has 1 aromatic heterocycles. The van der Waals surface area contributed by atoms with Gasteiger partial charge >= 0.3 is 5.97 Å². The number of guanidine groups is 1. The van der Waals surface area contributed by atoms with Crippen LogP contribution in [0.15, 0.2) is 65.7 Å². The van der Waals surface area contributed by atoms with E-state index in [1.165, 1.54) is 0 Å². The van der Waals surface area contributed by atoms with Crippen molar-refractivity contribution in [1.29, 1.82) is 5.26 Å². The molecule has 0 aliphatic rings. The van der Waals surface area contributed by atoms with Crippen LogP contribution in [0.1, 0.15) is 40.7 Å². The highest BCUT2D eigenvalue weighted by Gasteiger charge is 2.17. The molecular weight excluding hydrogens is 452 g/mol. The first-order chi connectivity index (χ1) is 17.3. The lowest BCUT2D eigenvalue weighted by molar-refractivity contribution is 0.0697. The van der Waals surface area contributed by atoms with Crippen molar-refractivity contribution in [1.82, 2.24) is 9.55 Å². The minimum Gasteiger partial charge on any atom is -0.478 e. The Bertz CT molecular complexity index is 1500. The van der Waals surface area contributed by atoms with E-state index in [-0.39, 0.29) is 11.5 Å². The van der Waals surface area contributed by atoms with Crippen LogP contribution in [0.5, 0.6) is 0 Å². The van der Waals surface area contributed by atoms with Gasteiger partial charge < -0.3 is 20.3 Å². The fourth-order valence-corrected chi connectivity index (χ4v) is 4.36. The molecule has 4 rings (SSSR count). The van der Waals surface area contributed by atoms with E-state index in [1.54, 1.807) is 30.3 Å². The molecule has 182 valence electrons. The maximum atomic E-state index is 11.6. The lowest BCUT2D eigenvalue weighted by Crippen LogP contribution is -2.33. The Morgan fingerprint density at radius 3 is 2.58 bits per heavy atom. The van der Waals surface area contributed by atoms with Crippen LogP contribution in [0.2, 0.25) is 0 Å². The van der Waals surface area contributed by atoms with Gasteiger partial charge in [0.05, 0.1) is 16.6 Å². The second-order valence-electron chi connectivity index (χ2n) is 8.67. The van der Waals surface area contributed by atoms with Gasteiger partial charge in [0.15, 0.2) is 0 Å². The second-order valence-corrected chi connectivity index (χ2v) is 8.67. The SMILES string of the molecule is CCCc1nc2c(C)cc(N(C)C(N)=NC#N)cc2n1Cc1ccc(-c2ccccc2C(=O)O)cc1. The summed E-state index contributed by atoms with van der Waals surface area (Å²) < 4.78 is 2.21. The zero-order chi connectivity index (χ0) is 25.8. The molecule has 0 saturated carbocycles. The molecule has 0 unspecified atom stereocenters. The molecule has 1 heterocycles. The van der Waals surface area contributed by atoms with E-state index in [1.807, 2.05) is 55.5 Å². The Hall–Kier alpha value is -4.64. The summed E-state index contributed by atoms with van der Waals surface area (Å²) in [7, 11) is 1.78. The summed E-state index contributed by atoms with van der Waals surface area (Å²) >= 11 is 0. The van der Waals surface area contributed by atoms with Crippen LogP contribution in [0.3, 0.4) is 0 Å². The Labute approximate surface area is 209 Å². The third-order valence-corrected chi connectivity index (χ3v) is 6.24. The highest BCUT2D eigenvalue weighted by atomic mass is 16.4. The number of carbonyl (C=O) groups is 1. The molecule has 3 N–H and O–H groups in total. The van der Waals surface area contributed by atoms with Crippen LogP contribution < -0.4 is 10.6 Å². The quantitative estimate of drug-likeness (QED) is 0.219. The minimum atomic E-state index is -0.944. The van der Waals surface area contributed by atoms with Gasteiger partial charge in [0.1, 0.15) is 5.82 Å². The lowest BCUT2D eigenvalue weighted by Gasteiger charge is -2.18. The van der Waals surface area contributed by atoms with E-state index >= 15 is 0 Å². The maximum Gasteiger partial charge on any atom is 0.336 e. The zero-order valence-corrected chi connectivity index (χ0v) is 20.6. The summed E-state index contributed by atoms with van der Waals surface area (Å²) in [4.78, 5) is 21.9. The van der Waals surface area contributed by atoms with Crippen molar-refractivity contribution in [2.45, 2.75) is 33.2 Å². The maximum absolute atomic E-state index is 11.6. The molecule has 0 atom stereocenters. The van der Waals surface area contributed by atoms with Crippen molar-refractivity contribution >= 4 is 28.6 Å². The van der Waals surface area contributed by atoms with E-state index < -0.39 is 5.97 Å². The van der Waals surface area contributed by atoms with Gasteiger partial charge in [-0.1, -0.05) is 49.4 Å². The number of hydrogen-bond donors (Lipinski definition) is 2. The topological polar surface area (TPSA) is 121 Å². The molecule has 0 radical (unpaired) electrons. The molecule has 3 aromatic carbocycles. The molecule has 8 heteroatoms. The van der Waals surface area contributed by atoms with E-state index in [9.17, 15) is 9.90 Å². The summed E-state index contributed by atoms with van der Waals surface area (Å²) in [5.41, 5.74) is 12.6. The van der Waals surface area contributed by atoms with Gasteiger partial charge in [0.2, 0.25) is 12.2 Å². The van der Waals surface area contributed by atoms with Gasteiger partial charge in [0.25, 0.3) is 0 Å². The van der Waals surface area contributed by atoms with Crippen molar-refractivity contribution in [2.24, 2.45) is 10.7 Å². The van der Waals surface area contributed by atoms with Gasteiger partial charge in [-0.3, -0.25) is 0 Å². The van der Waals surface area contributed by atoms with Crippen molar-refractivity contribution in [3.05, 3.63) is 83.2 Å². The first kappa shape index (κ1) is 24.5. The number of aryl methyl sites for hydroxylation is 2. The number of nitrogens with zero attached hydrogens (tertiary/aromatic N) is 5. The third kappa shape index (κ3) is 4.77. The average molecular weight is 481 g/mol. The summed E-state index contributed by atoms with van der Waals surface area (Å²) in [5.74, 6) is 0.169. The molecule has 0 fully saturated rings. The van der Waals surface area contributed by atoms with Crippen LogP contribution in [0.4, 0.5) is 5.69 Å².